The molecule has 0 unspecified atom stereocenters. The summed E-state index contributed by atoms with van der Waals surface area (Å²) in [5.74, 6) is 0. The van der Waals surface area contributed by atoms with Crippen LogP contribution < -0.4 is 5.73 Å². The van der Waals surface area contributed by atoms with E-state index in [1.807, 2.05) is 6.20 Å². The lowest BCUT2D eigenvalue weighted by atomic mass is 10.4. The fourth-order valence-corrected chi connectivity index (χ4v) is 1.30. The first-order valence-electron chi connectivity index (χ1n) is 3.41. The Morgan fingerprint density at radius 2 is 2.42 bits per heavy atom. The zero-order valence-electron chi connectivity index (χ0n) is 6.21. The summed E-state index contributed by atoms with van der Waals surface area (Å²) in [6.07, 6.45) is 5.27. The summed E-state index contributed by atoms with van der Waals surface area (Å²) in [4.78, 5) is 0. The molecule has 0 radical (unpaired) electrons. The van der Waals surface area contributed by atoms with Crippen LogP contribution in [0.3, 0.4) is 0 Å². The van der Waals surface area contributed by atoms with Gasteiger partial charge in [0.15, 0.2) is 5.00 Å². The van der Waals surface area contributed by atoms with Crippen molar-refractivity contribution in [2.75, 3.05) is 0 Å². The monoisotopic (exact) mass is 181 g/mol. The molecule has 0 amide bonds. The predicted molar refractivity (Wildman–Crippen MR) is 44.9 cm³/mol. The van der Waals surface area contributed by atoms with E-state index in [2.05, 4.69) is 14.7 Å². The van der Waals surface area contributed by atoms with Gasteiger partial charge in [0.25, 0.3) is 0 Å². The van der Waals surface area contributed by atoms with Crippen molar-refractivity contribution in [2.24, 2.45) is 5.73 Å². The van der Waals surface area contributed by atoms with Crippen LogP contribution in [0.25, 0.3) is 5.00 Å². The topological polar surface area (TPSA) is 69.6 Å². The molecule has 2 aromatic rings. The number of hydrogen-bond acceptors (Lipinski definition) is 5. The Morgan fingerprint density at radius 3 is 3.00 bits per heavy atom. The van der Waals surface area contributed by atoms with Gasteiger partial charge in [0.1, 0.15) is 0 Å². The Hall–Kier alpha value is -1.27. The van der Waals surface area contributed by atoms with Gasteiger partial charge in [-0.3, -0.25) is 0 Å². The van der Waals surface area contributed by atoms with Gasteiger partial charge < -0.3 is 5.73 Å². The zero-order valence-corrected chi connectivity index (χ0v) is 7.03. The molecule has 0 saturated heterocycles. The smallest absolute Gasteiger partial charge is 0.157 e. The van der Waals surface area contributed by atoms with Crippen LogP contribution in [0.1, 0.15) is 5.56 Å². The van der Waals surface area contributed by atoms with Crippen LogP contribution in [-0.2, 0) is 6.54 Å². The second-order valence-corrected chi connectivity index (χ2v) is 3.02. The van der Waals surface area contributed by atoms with E-state index in [9.17, 15) is 0 Å². The second kappa shape index (κ2) is 3.00. The number of aromatic nitrogens is 4. The normalized spacial score (nSPS) is 10.4. The maximum Gasteiger partial charge on any atom is 0.157 e. The molecule has 12 heavy (non-hydrogen) atoms. The first kappa shape index (κ1) is 7.38. The molecule has 2 N–H and O–H groups in total. The van der Waals surface area contributed by atoms with Crippen molar-refractivity contribution in [3.8, 4) is 5.00 Å². The molecular formula is C6H7N5S. The zero-order chi connectivity index (χ0) is 8.39. The SMILES string of the molecule is NCc1cnn(-c2cnns2)c1. The van der Waals surface area contributed by atoms with Crippen molar-refractivity contribution < 1.29 is 0 Å². The van der Waals surface area contributed by atoms with Crippen molar-refractivity contribution in [3.05, 3.63) is 24.2 Å². The molecule has 5 nitrogen and oxygen atoms in total. The molecule has 2 rings (SSSR count). The first-order valence-corrected chi connectivity index (χ1v) is 4.19. The Morgan fingerprint density at radius 1 is 1.50 bits per heavy atom. The minimum atomic E-state index is 0.506. The highest BCUT2D eigenvalue weighted by atomic mass is 32.1. The summed E-state index contributed by atoms with van der Waals surface area (Å²) < 4.78 is 5.45. The number of rotatable bonds is 2. The fraction of sp³-hybridized carbons (Fsp3) is 0.167. The van der Waals surface area contributed by atoms with E-state index in [4.69, 9.17) is 5.73 Å². The van der Waals surface area contributed by atoms with Crippen LogP contribution in [0.4, 0.5) is 0 Å². The van der Waals surface area contributed by atoms with Crippen LogP contribution in [0.2, 0.25) is 0 Å². The molecule has 62 valence electrons. The molecule has 2 heterocycles. The van der Waals surface area contributed by atoms with Gasteiger partial charge in [-0.05, 0) is 0 Å². The van der Waals surface area contributed by atoms with Crippen LogP contribution >= 0.6 is 11.5 Å². The highest BCUT2D eigenvalue weighted by Gasteiger charge is 2.00. The van der Waals surface area contributed by atoms with E-state index < -0.39 is 0 Å². The quantitative estimate of drug-likeness (QED) is 0.717. The summed E-state index contributed by atoms with van der Waals surface area (Å²) >= 11 is 1.30. The van der Waals surface area contributed by atoms with Gasteiger partial charge in [-0.2, -0.15) is 5.10 Å². The maximum atomic E-state index is 5.44. The molecule has 2 aromatic heterocycles. The Kier molecular flexibility index (Phi) is 1.84. The Balaban J connectivity index is 2.35. The highest BCUT2D eigenvalue weighted by Crippen LogP contribution is 2.09. The van der Waals surface area contributed by atoms with Gasteiger partial charge in [-0.25, -0.2) is 4.68 Å². The molecule has 0 spiro atoms. The summed E-state index contributed by atoms with van der Waals surface area (Å²) in [7, 11) is 0. The molecule has 0 saturated carbocycles. The van der Waals surface area contributed by atoms with Gasteiger partial charge >= 0.3 is 0 Å². The van der Waals surface area contributed by atoms with E-state index in [0.717, 1.165) is 10.6 Å². The van der Waals surface area contributed by atoms with Crippen molar-refractivity contribution >= 4 is 11.5 Å². The molecule has 0 aliphatic carbocycles. The third kappa shape index (κ3) is 1.21. The van der Waals surface area contributed by atoms with Crippen LogP contribution in [0.15, 0.2) is 18.6 Å². The first-order chi connectivity index (χ1) is 5.90. The average Bonchev–Trinajstić information content (AvgIpc) is 2.75. The van der Waals surface area contributed by atoms with Crippen molar-refractivity contribution in [2.45, 2.75) is 6.54 Å². The largest absolute Gasteiger partial charge is 0.326 e. The summed E-state index contributed by atoms with van der Waals surface area (Å²) in [5.41, 5.74) is 6.44. The van der Waals surface area contributed by atoms with Gasteiger partial charge in [0.2, 0.25) is 0 Å². The van der Waals surface area contributed by atoms with E-state index >= 15 is 0 Å². The molecule has 6 heteroatoms. The highest BCUT2D eigenvalue weighted by molar-refractivity contribution is 7.08. The van der Waals surface area contributed by atoms with Crippen LogP contribution in [-0.4, -0.2) is 19.4 Å². The summed E-state index contributed by atoms with van der Waals surface area (Å²) in [5, 5.41) is 8.70. The predicted octanol–water partition coefficient (Wildman–Crippen LogP) is 0.182. The van der Waals surface area contributed by atoms with Gasteiger partial charge in [-0.1, -0.05) is 4.49 Å². The number of nitrogens with zero attached hydrogens (tertiary/aromatic N) is 4. The van der Waals surface area contributed by atoms with Crippen molar-refractivity contribution in [3.63, 3.8) is 0 Å². The lowest BCUT2D eigenvalue weighted by Crippen LogP contribution is -1.94. The Labute approximate surface area is 73.0 Å². The lowest BCUT2D eigenvalue weighted by molar-refractivity contribution is 0.892. The molecule has 0 fully saturated rings. The van der Waals surface area contributed by atoms with Crippen LogP contribution in [0.5, 0.6) is 0 Å². The minimum Gasteiger partial charge on any atom is -0.326 e. The van der Waals surface area contributed by atoms with Crippen molar-refractivity contribution in [1.82, 2.24) is 19.4 Å². The molecule has 0 aromatic carbocycles. The lowest BCUT2D eigenvalue weighted by Gasteiger charge is -1.90. The number of nitrogens with two attached hydrogens (primary N) is 1. The molecule has 0 bridgehead atoms. The third-order valence-electron chi connectivity index (χ3n) is 1.45. The van der Waals surface area contributed by atoms with Gasteiger partial charge in [0, 0.05) is 29.8 Å². The minimum absolute atomic E-state index is 0.506. The maximum absolute atomic E-state index is 5.44. The van der Waals surface area contributed by atoms with E-state index in [1.54, 1.807) is 17.1 Å². The second-order valence-electron chi connectivity index (χ2n) is 2.25. The summed E-state index contributed by atoms with van der Waals surface area (Å²) in [6.45, 7) is 0.506. The Bertz CT molecular complexity index is 352. The standard InChI is InChI=1S/C6H7N5S/c7-1-5-2-9-11(4-5)6-3-8-10-12-6/h2-4H,1,7H2. The van der Waals surface area contributed by atoms with Gasteiger partial charge in [0.05, 0.1) is 12.4 Å². The fourth-order valence-electron chi connectivity index (χ4n) is 0.849. The summed E-state index contributed by atoms with van der Waals surface area (Å²) in [6, 6.07) is 0. The molecule has 0 aliphatic heterocycles. The van der Waals surface area contributed by atoms with Gasteiger partial charge in [-0.15, -0.1) is 5.10 Å². The number of hydrogen-bond donors (Lipinski definition) is 1. The van der Waals surface area contributed by atoms with E-state index in [0.29, 0.717) is 6.54 Å². The third-order valence-corrected chi connectivity index (χ3v) is 2.10. The average molecular weight is 181 g/mol. The van der Waals surface area contributed by atoms with E-state index in [1.165, 1.54) is 11.5 Å². The molecular weight excluding hydrogens is 174 g/mol. The van der Waals surface area contributed by atoms with E-state index in [-0.39, 0.29) is 0 Å². The van der Waals surface area contributed by atoms with Crippen LogP contribution in [0, 0.1) is 0 Å². The molecule has 0 aliphatic rings. The molecule has 0 atom stereocenters. The van der Waals surface area contributed by atoms with Crippen molar-refractivity contribution in [1.29, 1.82) is 0 Å².